The number of ether oxygens (including phenoxy) is 2. The highest BCUT2D eigenvalue weighted by molar-refractivity contribution is 8.22. The summed E-state index contributed by atoms with van der Waals surface area (Å²) in [6, 6.07) is 20.3. The zero-order valence-corrected chi connectivity index (χ0v) is 19.9. The van der Waals surface area contributed by atoms with Gasteiger partial charge in [-0.2, -0.15) is 0 Å². The minimum absolute atomic E-state index is 0.139. The van der Waals surface area contributed by atoms with E-state index in [1.807, 2.05) is 49.4 Å². The number of para-hydroxylation sites is 1. The van der Waals surface area contributed by atoms with Gasteiger partial charge in [-0.05, 0) is 42.8 Å². The third-order valence-electron chi connectivity index (χ3n) is 6.00. The first-order chi connectivity index (χ1) is 15.8. The number of nitrogens with zero attached hydrogens (tertiary/aromatic N) is 2. The maximum atomic E-state index is 12.1. The summed E-state index contributed by atoms with van der Waals surface area (Å²) >= 11 is 0. The van der Waals surface area contributed by atoms with Crippen LogP contribution < -0.4 is 9.64 Å². The molecule has 0 aliphatic carbocycles. The zero-order valence-electron chi connectivity index (χ0n) is 19.1. The summed E-state index contributed by atoms with van der Waals surface area (Å²) in [6.07, 6.45) is 0. The molecular formula is C25H28N2O5S. The molecule has 0 radical (unpaired) electrons. The molecule has 33 heavy (non-hydrogen) atoms. The first-order valence-electron chi connectivity index (χ1n) is 10.5. The quantitative estimate of drug-likeness (QED) is 0.479. The zero-order chi connectivity index (χ0) is 23.8. The second-order valence-corrected chi connectivity index (χ2v) is 10.0. The number of hydrogen-bond acceptors (Lipinski definition) is 7. The van der Waals surface area contributed by atoms with Gasteiger partial charge in [-0.25, -0.2) is 9.10 Å². The fraction of sp³-hybridized carbons (Fsp3) is 0.240. The van der Waals surface area contributed by atoms with Gasteiger partial charge in [0.25, 0.3) is 0 Å². The first kappa shape index (κ1) is 23.1. The Morgan fingerprint density at radius 2 is 1.76 bits per heavy atom. The van der Waals surface area contributed by atoms with Gasteiger partial charge in [0, 0.05) is 37.0 Å². The number of anilines is 2. The SMILES string of the molecule is COC(=O)c1cccc(-c2cc3c(cc2OC)N(c2ccccc2)CC(C)N(C)S3(O)O)c1. The molecule has 4 rings (SSSR count). The van der Waals surface area contributed by atoms with E-state index in [1.54, 1.807) is 42.7 Å². The largest absolute Gasteiger partial charge is 0.496 e. The highest BCUT2D eigenvalue weighted by Crippen LogP contribution is 2.59. The minimum atomic E-state index is -3.29. The maximum Gasteiger partial charge on any atom is 0.337 e. The van der Waals surface area contributed by atoms with Gasteiger partial charge in [0.05, 0.1) is 30.4 Å². The molecule has 0 fully saturated rings. The van der Waals surface area contributed by atoms with Crippen LogP contribution in [0.4, 0.5) is 11.4 Å². The van der Waals surface area contributed by atoms with Crippen molar-refractivity contribution in [3.63, 3.8) is 0 Å². The number of likely N-dealkylation sites (N-methyl/N-ethyl adjacent to an activating group) is 1. The van der Waals surface area contributed by atoms with Gasteiger partial charge in [-0.15, -0.1) is 10.8 Å². The third-order valence-corrected chi connectivity index (χ3v) is 8.08. The monoisotopic (exact) mass is 468 g/mol. The molecule has 1 aliphatic rings. The Hall–Kier alpha value is -3.04. The molecule has 7 nitrogen and oxygen atoms in total. The van der Waals surface area contributed by atoms with Gasteiger partial charge in [0.1, 0.15) is 5.75 Å². The number of methoxy groups -OCH3 is 2. The topological polar surface area (TPSA) is 82.5 Å². The van der Waals surface area contributed by atoms with E-state index < -0.39 is 16.7 Å². The van der Waals surface area contributed by atoms with E-state index in [0.717, 1.165) is 5.69 Å². The van der Waals surface area contributed by atoms with Crippen LogP contribution in [0.25, 0.3) is 11.1 Å². The van der Waals surface area contributed by atoms with Crippen LogP contribution in [0.5, 0.6) is 5.75 Å². The van der Waals surface area contributed by atoms with Crippen LogP contribution in [-0.4, -0.2) is 53.2 Å². The lowest BCUT2D eigenvalue weighted by atomic mass is 10.0. The number of fused-ring (bicyclic) bond motifs is 1. The molecule has 174 valence electrons. The standard InChI is InChI=1S/C25H28N2O5S/c1-17-16-27(20-11-6-5-7-12-20)22-15-23(31-3)21(14-24(22)33(29,30)26(17)2)18-9-8-10-19(13-18)25(28)32-4/h5-15,17,29-30H,16H2,1-4H3. The number of rotatable bonds is 4. The lowest BCUT2D eigenvalue weighted by Gasteiger charge is -2.42. The summed E-state index contributed by atoms with van der Waals surface area (Å²) in [5.74, 6) is 0.114. The van der Waals surface area contributed by atoms with Crippen molar-refractivity contribution in [1.29, 1.82) is 0 Å². The molecule has 1 unspecified atom stereocenters. The smallest absolute Gasteiger partial charge is 0.337 e. The van der Waals surface area contributed by atoms with Gasteiger partial charge in [0.15, 0.2) is 0 Å². The van der Waals surface area contributed by atoms with E-state index in [2.05, 4.69) is 4.90 Å². The first-order valence-corrected chi connectivity index (χ1v) is 12.0. The van der Waals surface area contributed by atoms with Crippen molar-refractivity contribution in [2.24, 2.45) is 0 Å². The second kappa shape index (κ2) is 9.07. The maximum absolute atomic E-state index is 12.1. The Labute approximate surface area is 195 Å². The van der Waals surface area contributed by atoms with E-state index in [9.17, 15) is 13.9 Å². The van der Waals surface area contributed by atoms with Gasteiger partial charge < -0.3 is 14.4 Å². The molecule has 2 N–H and O–H groups in total. The summed E-state index contributed by atoms with van der Waals surface area (Å²) in [5.41, 5.74) is 3.37. The molecule has 0 bridgehead atoms. The van der Waals surface area contributed by atoms with Crippen molar-refractivity contribution >= 4 is 28.1 Å². The van der Waals surface area contributed by atoms with Crippen LogP contribution >= 0.6 is 10.8 Å². The van der Waals surface area contributed by atoms with Crippen molar-refractivity contribution in [1.82, 2.24) is 4.31 Å². The van der Waals surface area contributed by atoms with Crippen LogP contribution in [0, 0.1) is 0 Å². The molecule has 0 saturated heterocycles. The van der Waals surface area contributed by atoms with Crippen molar-refractivity contribution in [2.45, 2.75) is 17.9 Å². The number of benzene rings is 3. The Kier molecular flexibility index (Phi) is 6.36. The molecule has 1 aliphatic heterocycles. The third kappa shape index (κ3) is 4.18. The van der Waals surface area contributed by atoms with Crippen molar-refractivity contribution in [3.8, 4) is 16.9 Å². The van der Waals surface area contributed by atoms with Gasteiger partial charge in [-0.1, -0.05) is 30.3 Å². The summed E-state index contributed by atoms with van der Waals surface area (Å²) in [7, 11) is 1.34. The van der Waals surface area contributed by atoms with Crippen molar-refractivity contribution < 1.29 is 23.4 Å². The predicted octanol–water partition coefficient (Wildman–Crippen LogP) is 5.65. The normalized spacial score (nSPS) is 18.7. The summed E-state index contributed by atoms with van der Waals surface area (Å²) < 4.78 is 34.9. The fourth-order valence-electron chi connectivity index (χ4n) is 4.04. The second-order valence-electron chi connectivity index (χ2n) is 7.95. The Balaban J connectivity index is 1.96. The van der Waals surface area contributed by atoms with Gasteiger partial charge in [0.2, 0.25) is 0 Å². The fourth-order valence-corrected chi connectivity index (χ4v) is 5.65. The predicted molar refractivity (Wildman–Crippen MR) is 132 cm³/mol. The molecule has 0 saturated carbocycles. The highest BCUT2D eigenvalue weighted by Gasteiger charge is 2.36. The molecule has 0 aromatic heterocycles. The van der Waals surface area contributed by atoms with Crippen LogP contribution in [0.1, 0.15) is 17.3 Å². The van der Waals surface area contributed by atoms with Gasteiger partial charge >= 0.3 is 5.97 Å². The van der Waals surface area contributed by atoms with Crippen LogP contribution in [-0.2, 0) is 4.74 Å². The average molecular weight is 469 g/mol. The lowest BCUT2D eigenvalue weighted by molar-refractivity contribution is 0.0600. The number of carbonyl (C=O) groups excluding carboxylic acids is 1. The van der Waals surface area contributed by atoms with Gasteiger partial charge in [-0.3, -0.25) is 9.11 Å². The van der Waals surface area contributed by atoms with E-state index >= 15 is 0 Å². The highest BCUT2D eigenvalue weighted by atomic mass is 32.3. The lowest BCUT2D eigenvalue weighted by Crippen LogP contribution is -2.36. The van der Waals surface area contributed by atoms with E-state index in [-0.39, 0.29) is 6.04 Å². The van der Waals surface area contributed by atoms with E-state index in [4.69, 9.17) is 9.47 Å². The molecule has 3 aromatic rings. The molecular weight excluding hydrogens is 440 g/mol. The van der Waals surface area contributed by atoms with E-state index in [1.165, 1.54) is 7.11 Å². The molecule has 1 atom stereocenters. The Bertz CT molecular complexity index is 1170. The average Bonchev–Trinajstić information content (AvgIpc) is 2.92. The number of hydrogen-bond donors (Lipinski definition) is 2. The van der Waals surface area contributed by atoms with Crippen LogP contribution in [0.3, 0.4) is 0 Å². The molecule has 0 spiro atoms. The van der Waals surface area contributed by atoms with Crippen molar-refractivity contribution in [3.05, 3.63) is 72.3 Å². The van der Waals surface area contributed by atoms with Crippen LogP contribution in [0.15, 0.2) is 71.6 Å². The minimum Gasteiger partial charge on any atom is -0.496 e. The molecule has 3 aromatic carbocycles. The molecule has 0 amide bonds. The number of esters is 1. The summed E-state index contributed by atoms with van der Waals surface area (Å²) in [5, 5.41) is 0. The van der Waals surface area contributed by atoms with Crippen LogP contribution in [0.2, 0.25) is 0 Å². The van der Waals surface area contributed by atoms with Crippen molar-refractivity contribution in [2.75, 3.05) is 32.7 Å². The Morgan fingerprint density at radius 3 is 2.42 bits per heavy atom. The van der Waals surface area contributed by atoms with E-state index in [0.29, 0.717) is 39.6 Å². The Morgan fingerprint density at radius 1 is 1.03 bits per heavy atom. The number of carbonyl (C=O) groups is 1. The summed E-state index contributed by atoms with van der Waals surface area (Å²) in [6.45, 7) is 2.53. The molecule has 8 heteroatoms. The molecule has 1 heterocycles. The summed E-state index contributed by atoms with van der Waals surface area (Å²) in [4.78, 5) is 14.5.